The molecular formula is C22H30N4O. The lowest BCUT2D eigenvalue weighted by Crippen LogP contribution is -2.39. The number of rotatable bonds is 8. The first-order chi connectivity index (χ1) is 13.3. The summed E-state index contributed by atoms with van der Waals surface area (Å²) in [5.74, 6) is 1.74. The van der Waals surface area contributed by atoms with Crippen molar-refractivity contribution in [1.29, 1.82) is 0 Å². The highest BCUT2D eigenvalue weighted by molar-refractivity contribution is 5.80. The Morgan fingerprint density at radius 2 is 2.15 bits per heavy atom. The van der Waals surface area contributed by atoms with Crippen LogP contribution in [-0.2, 0) is 6.42 Å². The molecule has 0 bridgehead atoms. The van der Waals surface area contributed by atoms with Gasteiger partial charge in [-0.25, -0.2) is 0 Å². The van der Waals surface area contributed by atoms with Gasteiger partial charge < -0.3 is 20.0 Å². The number of hydrogen-bond acceptors (Lipinski definition) is 3. The van der Waals surface area contributed by atoms with Crippen molar-refractivity contribution >= 4 is 11.6 Å². The fourth-order valence-electron chi connectivity index (χ4n) is 3.31. The van der Waals surface area contributed by atoms with Crippen LogP contribution in [0.5, 0.6) is 0 Å². The Morgan fingerprint density at radius 1 is 1.30 bits per heavy atom. The molecule has 1 unspecified atom stereocenters. The zero-order valence-electron chi connectivity index (χ0n) is 16.2. The van der Waals surface area contributed by atoms with Crippen molar-refractivity contribution in [2.75, 3.05) is 31.1 Å². The van der Waals surface area contributed by atoms with Crippen LogP contribution in [0.25, 0.3) is 0 Å². The molecule has 0 saturated carbocycles. The number of furan rings is 1. The first-order valence-corrected chi connectivity index (χ1v) is 9.79. The number of hydrogen-bond donors (Lipinski definition) is 2. The van der Waals surface area contributed by atoms with E-state index in [2.05, 4.69) is 58.3 Å². The number of benzene rings is 1. The normalized spacial score (nSPS) is 15.6. The van der Waals surface area contributed by atoms with Crippen molar-refractivity contribution in [1.82, 2.24) is 10.6 Å². The summed E-state index contributed by atoms with van der Waals surface area (Å²) in [6, 6.07) is 12.9. The van der Waals surface area contributed by atoms with Crippen LogP contribution in [0.15, 0.2) is 64.7 Å². The SMILES string of the molecule is C=CCNC(=NCCc1ccco1)NC(C)c1cccc(N2CCCC2)c1. The molecule has 2 aromatic rings. The zero-order valence-corrected chi connectivity index (χ0v) is 16.2. The van der Waals surface area contributed by atoms with Gasteiger partial charge in [-0.15, -0.1) is 6.58 Å². The van der Waals surface area contributed by atoms with E-state index in [0.717, 1.165) is 31.2 Å². The summed E-state index contributed by atoms with van der Waals surface area (Å²) in [5.41, 5.74) is 2.58. The summed E-state index contributed by atoms with van der Waals surface area (Å²) in [4.78, 5) is 7.14. The molecule has 1 aliphatic rings. The van der Waals surface area contributed by atoms with E-state index in [0.29, 0.717) is 13.1 Å². The van der Waals surface area contributed by atoms with E-state index in [4.69, 9.17) is 4.42 Å². The van der Waals surface area contributed by atoms with Gasteiger partial charge in [0.2, 0.25) is 0 Å². The van der Waals surface area contributed by atoms with E-state index >= 15 is 0 Å². The standard InChI is InChI=1S/C22H30N4O/c1-3-12-23-22(24-13-11-21-10-7-16-27-21)25-18(2)19-8-6-9-20(17-19)26-14-4-5-15-26/h3,6-10,16-18H,1,4-5,11-15H2,2H3,(H2,23,24,25). The monoisotopic (exact) mass is 366 g/mol. The minimum Gasteiger partial charge on any atom is -0.469 e. The highest BCUT2D eigenvalue weighted by Crippen LogP contribution is 2.23. The fraction of sp³-hybridized carbons (Fsp3) is 0.409. The third-order valence-electron chi connectivity index (χ3n) is 4.82. The summed E-state index contributed by atoms with van der Waals surface area (Å²) in [5, 5.41) is 6.81. The van der Waals surface area contributed by atoms with Crippen LogP contribution >= 0.6 is 0 Å². The van der Waals surface area contributed by atoms with Crippen molar-refractivity contribution in [3.05, 3.63) is 66.6 Å². The lowest BCUT2D eigenvalue weighted by atomic mass is 10.1. The molecule has 0 radical (unpaired) electrons. The van der Waals surface area contributed by atoms with Gasteiger partial charge in [-0.2, -0.15) is 0 Å². The number of nitrogens with zero attached hydrogens (tertiary/aromatic N) is 2. The van der Waals surface area contributed by atoms with Crippen molar-refractivity contribution < 1.29 is 4.42 Å². The van der Waals surface area contributed by atoms with E-state index in [9.17, 15) is 0 Å². The molecule has 1 saturated heterocycles. The zero-order chi connectivity index (χ0) is 18.9. The largest absolute Gasteiger partial charge is 0.469 e. The maximum atomic E-state index is 5.38. The molecule has 2 heterocycles. The van der Waals surface area contributed by atoms with E-state index in [1.807, 2.05) is 18.2 Å². The number of guanidine groups is 1. The van der Waals surface area contributed by atoms with Gasteiger partial charge in [-0.1, -0.05) is 18.2 Å². The maximum Gasteiger partial charge on any atom is 0.191 e. The third kappa shape index (κ3) is 5.64. The summed E-state index contributed by atoms with van der Waals surface area (Å²) in [6.07, 6.45) is 6.89. The van der Waals surface area contributed by atoms with Gasteiger partial charge >= 0.3 is 0 Å². The van der Waals surface area contributed by atoms with Crippen LogP contribution in [0.2, 0.25) is 0 Å². The molecular weight excluding hydrogens is 336 g/mol. The average molecular weight is 367 g/mol. The minimum absolute atomic E-state index is 0.159. The second-order valence-corrected chi connectivity index (χ2v) is 6.88. The molecule has 0 aliphatic carbocycles. The van der Waals surface area contributed by atoms with Crippen molar-refractivity contribution in [2.45, 2.75) is 32.2 Å². The van der Waals surface area contributed by atoms with Crippen molar-refractivity contribution in [3.8, 4) is 0 Å². The third-order valence-corrected chi connectivity index (χ3v) is 4.82. The molecule has 144 valence electrons. The smallest absolute Gasteiger partial charge is 0.191 e. The molecule has 1 aliphatic heterocycles. The van der Waals surface area contributed by atoms with Crippen molar-refractivity contribution in [3.63, 3.8) is 0 Å². The van der Waals surface area contributed by atoms with Gasteiger partial charge in [-0.3, -0.25) is 4.99 Å². The fourth-order valence-corrected chi connectivity index (χ4v) is 3.31. The molecule has 0 amide bonds. The molecule has 1 fully saturated rings. The van der Waals surface area contributed by atoms with Crippen LogP contribution in [0, 0.1) is 0 Å². The Hall–Kier alpha value is -2.69. The first kappa shape index (κ1) is 19.1. The summed E-state index contributed by atoms with van der Waals surface area (Å²) < 4.78 is 5.38. The Labute approximate surface area is 162 Å². The van der Waals surface area contributed by atoms with E-state index < -0.39 is 0 Å². The summed E-state index contributed by atoms with van der Waals surface area (Å²) >= 11 is 0. The summed E-state index contributed by atoms with van der Waals surface area (Å²) in [6.45, 7) is 9.61. The molecule has 27 heavy (non-hydrogen) atoms. The quantitative estimate of drug-likeness (QED) is 0.423. The molecule has 5 heteroatoms. The number of nitrogens with one attached hydrogen (secondary N) is 2. The lowest BCUT2D eigenvalue weighted by Gasteiger charge is -2.22. The first-order valence-electron chi connectivity index (χ1n) is 9.79. The molecule has 5 nitrogen and oxygen atoms in total. The topological polar surface area (TPSA) is 52.8 Å². The van der Waals surface area contributed by atoms with Crippen LogP contribution in [0.4, 0.5) is 5.69 Å². The predicted molar refractivity (Wildman–Crippen MR) is 112 cm³/mol. The van der Waals surface area contributed by atoms with Gasteiger partial charge in [0.25, 0.3) is 0 Å². The van der Waals surface area contributed by atoms with Crippen LogP contribution in [-0.4, -0.2) is 32.1 Å². The molecule has 1 atom stereocenters. The van der Waals surface area contributed by atoms with Crippen LogP contribution in [0.3, 0.4) is 0 Å². The molecule has 1 aromatic carbocycles. The van der Waals surface area contributed by atoms with E-state index in [1.165, 1.54) is 24.1 Å². The minimum atomic E-state index is 0.159. The molecule has 3 rings (SSSR count). The Morgan fingerprint density at radius 3 is 2.89 bits per heavy atom. The predicted octanol–water partition coefficient (Wildman–Crippen LogP) is 3.90. The number of anilines is 1. The Bertz CT molecular complexity index is 733. The highest BCUT2D eigenvalue weighted by atomic mass is 16.3. The molecule has 2 N–H and O–H groups in total. The van der Waals surface area contributed by atoms with Gasteiger partial charge in [0.15, 0.2) is 5.96 Å². The number of aliphatic imine (C=N–C) groups is 1. The van der Waals surface area contributed by atoms with Gasteiger partial charge in [0.1, 0.15) is 5.76 Å². The average Bonchev–Trinajstić information content (AvgIpc) is 3.40. The summed E-state index contributed by atoms with van der Waals surface area (Å²) in [7, 11) is 0. The van der Waals surface area contributed by atoms with E-state index in [1.54, 1.807) is 6.26 Å². The Balaban J connectivity index is 1.63. The van der Waals surface area contributed by atoms with E-state index in [-0.39, 0.29) is 6.04 Å². The highest BCUT2D eigenvalue weighted by Gasteiger charge is 2.14. The van der Waals surface area contributed by atoms with Gasteiger partial charge in [0.05, 0.1) is 12.3 Å². The van der Waals surface area contributed by atoms with Crippen LogP contribution in [0.1, 0.15) is 37.1 Å². The van der Waals surface area contributed by atoms with Gasteiger partial charge in [0, 0.05) is 38.3 Å². The Kier molecular flexibility index (Phi) is 6.97. The maximum absolute atomic E-state index is 5.38. The van der Waals surface area contributed by atoms with Crippen molar-refractivity contribution in [2.24, 2.45) is 4.99 Å². The molecule has 1 aromatic heterocycles. The second-order valence-electron chi connectivity index (χ2n) is 6.88. The second kappa shape index (κ2) is 9.86. The van der Waals surface area contributed by atoms with Gasteiger partial charge in [-0.05, 0) is 49.6 Å². The van der Waals surface area contributed by atoms with Crippen LogP contribution < -0.4 is 15.5 Å². The lowest BCUT2D eigenvalue weighted by molar-refractivity contribution is 0.510. The molecule has 0 spiro atoms.